The second kappa shape index (κ2) is 5.93. The number of hydrogen-bond acceptors (Lipinski definition) is 4. The van der Waals surface area contributed by atoms with Gasteiger partial charge in [-0.15, -0.1) is 11.3 Å². The maximum Gasteiger partial charge on any atom is 0.126 e. The van der Waals surface area contributed by atoms with Crippen molar-refractivity contribution in [3.8, 4) is 10.6 Å². The van der Waals surface area contributed by atoms with E-state index in [4.69, 9.17) is 0 Å². The summed E-state index contributed by atoms with van der Waals surface area (Å²) in [5.41, 5.74) is 1.11. The molecule has 0 aliphatic heterocycles. The van der Waals surface area contributed by atoms with E-state index >= 15 is 0 Å². The molecule has 0 amide bonds. The third-order valence-corrected chi connectivity index (χ3v) is 3.53. The molecule has 2 aromatic heterocycles. The quantitative estimate of drug-likeness (QED) is 0.801. The Morgan fingerprint density at radius 3 is 2.94 bits per heavy atom. The van der Waals surface area contributed by atoms with Crippen LogP contribution < -0.4 is 5.32 Å². The molecule has 0 unspecified atom stereocenters. The molecule has 2 heterocycles. The van der Waals surface area contributed by atoms with Gasteiger partial charge in [-0.3, -0.25) is 4.68 Å². The topological polar surface area (TPSA) is 42.7 Å². The van der Waals surface area contributed by atoms with E-state index in [9.17, 15) is 0 Å². The highest BCUT2D eigenvalue weighted by Gasteiger charge is 2.06. The molecule has 0 radical (unpaired) electrons. The van der Waals surface area contributed by atoms with Crippen molar-refractivity contribution in [1.82, 2.24) is 20.1 Å². The molecular formula is C12H18N4S. The monoisotopic (exact) mass is 250 g/mol. The SMILES string of the molecule is CCCNCc1cnc(-c2cnn(CC)c2)s1. The fourth-order valence-electron chi connectivity index (χ4n) is 1.56. The molecule has 2 aromatic rings. The largest absolute Gasteiger partial charge is 0.312 e. The van der Waals surface area contributed by atoms with Crippen LogP contribution in [-0.2, 0) is 13.1 Å². The van der Waals surface area contributed by atoms with Crippen molar-refractivity contribution < 1.29 is 0 Å². The lowest BCUT2D eigenvalue weighted by Gasteiger charge is -1.97. The summed E-state index contributed by atoms with van der Waals surface area (Å²) in [6.07, 6.45) is 7.04. The molecule has 0 saturated carbocycles. The Hall–Kier alpha value is -1.20. The van der Waals surface area contributed by atoms with E-state index in [2.05, 4.69) is 29.2 Å². The van der Waals surface area contributed by atoms with Gasteiger partial charge in [-0.05, 0) is 19.9 Å². The number of aromatic nitrogens is 3. The lowest BCUT2D eigenvalue weighted by Crippen LogP contribution is -2.12. The number of thiazole rings is 1. The van der Waals surface area contributed by atoms with E-state index in [-0.39, 0.29) is 0 Å². The van der Waals surface area contributed by atoms with Crippen molar-refractivity contribution in [2.75, 3.05) is 6.54 Å². The Morgan fingerprint density at radius 1 is 1.35 bits per heavy atom. The van der Waals surface area contributed by atoms with Crippen LogP contribution >= 0.6 is 11.3 Å². The standard InChI is InChI=1S/C12H18N4S/c1-3-5-13-7-11-8-14-12(17-11)10-6-15-16(4-2)9-10/h6,8-9,13H,3-5,7H2,1-2H3. The van der Waals surface area contributed by atoms with Crippen molar-refractivity contribution in [3.05, 3.63) is 23.5 Å². The minimum atomic E-state index is 0.899. The lowest BCUT2D eigenvalue weighted by molar-refractivity contribution is 0.660. The Balaban J connectivity index is 2.02. The summed E-state index contributed by atoms with van der Waals surface area (Å²) in [5.74, 6) is 0. The molecule has 92 valence electrons. The van der Waals surface area contributed by atoms with Crippen LogP contribution in [0.2, 0.25) is 0 Å². The van der Waals surface area contributed by atoms with Crippen molar-refractivity contribution in [2.24, 2.45) is 0 Å². The number of hydrogen-bond donors (Lipinski definition) is 1. The molecule has 5 heteroatoms. The average molecular weight is 250 g/mol. The second-order valence-corrected chi connectivity index (χ2v) is 5.01. The molecule has 0 aliphatic rings. The Morgan fingerprint density at radius 2 is 2.24 bits per heavy atom. The molecule has 17 heavy (non-hydrogen) atoms. The van der Waals surface area contributed by atoms with Gasteiger partial charge >= 0.3 is 0 Å². The first-order chi connectivity index (χ1) is 8.33. The average Bonchev–Trinajstić information content (AvgIpc) is 2.97. The Kier molecular flexibility index (Phi) is 4.28. The second-order valence-electron chi connectivity index (χ2n) is 3.89. The maximum atomic E-state index is 4.44. The summed E-state index contributed by atoms with van der Waals surface area (Å²) >= 11 is 1.73. The molecule has 4 nitrogen and oxygen atoms in total. The molecule has 0 spiro atoms. The van der Waals surface area contributed by atoms with Crippen LogP contribution in [0.15, 0.2) is 18.6 Å². The van der Waals surface area contributed by atoms with Gasteiger partial charge in [-0.2, -0.15) is 5.10 Å². The summed E-state index contributed by atoms with van der Waals surface area (Å²) in [4.78, 5) is 5.71. The third kappa shape index (κ3) is 3.14. The number of rotatable bonds is 6. The van der Waals surface area contributed by atoms with Gasteiger partial charge in [-0.25, -0.2) is 4.98 Å². The van der Waals surface area contributed by atoms with Gasteiger partial charge in [0.2, 0.25) is 0 Å². The highest BCUT2D eigenvalue weighted by molar-refractivity contribution is 7.15. The van der Waals surface area contributed by atoms with Crippen molar-refractivity contribution in [2.45, 2.75) is 33.4 Å². The fraction of sp³-hybridized carbons (Fsp3) is 0.500. The van der Waals surface area contributed by atoms with E-state index in [0.29, 0.717) is 0 Å². The Bertz CT molecular complexity index is 461. The summed E-state index contributed by atoms with van der Waals surface area (Å²) in [6.45, 7) is 7.12. The first kappa shape index (κ1) is 12.3. The number of aryl methyl sites for hydroxylation is 1. The van der Waals surface area contributed by atoms with Crippen LogP contribution in [0.4, 0.5) is 0 Å². The van der Waals surface area contributed by atoms with Crippen LogP contribution in [0.5, 0.6) is 0 Å². The summed E-state index contributed by atoms with van der Waals surface area (Å²) < 4.78 is 1.92. The summed E-state index contributed by atoms with van der Waals surface area (Å²) in [6, 6.07) is 0. The van der Waals surface area contributed by atoms with Crippen LogP contribution in [-0.4, -0.2) is 21.3 Å². The molecule has 0 atom stereocenters. The van der Waals surface area contributed by atoms with Crippen LogP contribution in [0.1, 0.15) is 25.1 Å². The zero-order valence-electron chi connectivity index (χ0n) is 10.3. The third-order valence-electron chi connectivity index (χ3n) is 2.48. The molecule has 1 N–H and O–H groups in total. The van der Waals surface area contributed by atoms with E-state index in [1.165, 1.54) is 4.88 Å². The molecule has 0 aliphatic carbocycles. The first-order valence-corrected chi connectivity index (χ1v) is 6.83. The minimum Gasteiger partial charge on any atom is -0.312 e. The van der Waals surface area contributed by atoms with Gasteiger partial charge in [-0.1, -0.05) is 6.92 Å². The van der Waals surface area contributed by atoms with Gasteiger partial charge in [0.25, 0.3) is 0 Å². The number of nitrogens with one attached hydrogen (secondary N) is 1. The highest BCUT2D eigenvalue weighted by Crippen LogP contribution is 2.24. The van der Waals surface area contributed by atoms with Gasteiger partial charge in [0, 0.05) is 35.9 Å². The van der Waals surface area contributed by atoms with Crippen LogP contribution in [0.25, 0.3) is 10.6 Å². The van der Waals surface area contributed by atoms with E-state index < -0.39 is 0 Å². The van der Waals surface area contributed by atoms with Crippen molar-refractivity contribution in [1.29, 1.82) is 0 Å². The van der Waals surface area contributed by atoms with Crippen LogP contribution in [0.3, 0.4) is 0 Å². The van der Waals surface area contributed by atoms with Crippen LogP contribution in [0, 0.1) is 0 Å². The van der Waals surface area contributed by atoms with Gasteiger partial charge in [0.1, 0.15) is 5.01 Å². The maximum absolute atomic E-state index is 4.44. The molecule has 2 rings (SSSR count). The van der Waals surface area contributed by atoms with Gasteiger partial charge < -0.3 is 5.32 Å². The summed E-state index contributed by atoms with van der Waals surface area (Å²) in [7, 11) is 0. The highest BCUT2D eigenvalue weighted by atomic mass is 32.1. The van der Waals surface area contributed by atoms with E-state index in [1.807, 2.05) is 23.3 Å². The molecule has 0 saturated heterocycles. The van der Waals surface area contributed by atoms with E-state index in [1.54, 1.807) is 11.3 Å². The number of nitrogens with zero attached hydrogens (tertiary/aromatic N) is 3. The molecule has 0 fully saturated rings. The zero-order chi connectivity index (χ0) is 12.1. The smallest absolute Gasteiger partial charge is 0.126 e. The zero-order valence-corrected chi connectivity index (χ0v) is 11.1. The first-order valence-electron chi connectivity index (χ1n) is 6.01. The predicted octanol–water partition coefficient (Wildman–Crippen LogP) is 2.53. The molecule has 0 aromatic carbocycles. The molecule has 0 bridgehead atoms. The molecular weight excluding hydrogens is 232 g/mol. The van der Waals surface area contributed by atoms with Gasteiger partial charge in [0.15, 0.2) is 0 Å². The normalized spacial score (nSPS) is 10.9. The fourth-order valence-corrected chi connectivity index (χ4v) is 2.41. The minimum absolute atomic E-state index is 0.899. The predicted molar refractivity (Wildman–Crippen MR) is 71.0 cm³/mol. The van der Waals surface area contributed by atoms with Crippen molar-refractivity contribution in [3.63, 3.8) is 0 Å². The van der Waals surface area contributed by atoms with Gasteiger partial charge in [0.05, 0.1) is 6.20 Å². The lowest BCUT2D eigenvalue weighted by atomic mass is 10.4. The van der Waals surface area contributed by atoms with Crippen molar-refractivity contribution >= 4 is 11.3 Å². The summed E-state index contributed by atoms with van der Waals surface area (Å²) in [5, 5.41) is 8.70. The Labute approximate surface area is 106 Å². The van der Waals surface area contributed by atoms with E-state index in [0.717, 1.165) is 36.6 Å².